The fraction of sp³-hybridized carbons (Fsp3) is 0.0625. The van der Waals surface area contributed by atoms with Gasteiger partial charge in [-0.2, -0.15) is 14.9 Å². The Morgan fingerprint density at radius 3 is 2.50 bits per heavy atom. The molecule has 3 aromatic rings. The molecule has 3 rings (SSSR count). The minimum Gasteiger partial charge on any atom is -0.250 e. The summed E-state index contributed by atoms with van der Waals surface area (Å²) in [5, 5.41) is 12.1. The lowest BCUT2D eigenvalue weighted by atomic mass is 10.1. The monoisotopic (exact) mass is 328 g/mol. The number of aryl methyl sites for hydroxylation is 1. The zero-order valence-corrected chi connectivity index (χ0v) is 13.4. The lowest BCUT2D eigenvalue weighted by Gasteiger charge is -2.01. The van der Waals surface area contributed by atoms with Crippen molar-refractivity contribution < 1.29 is 0 Å². The Balaban J connectivity index is 1.97. The van der Waals surface area contributed by atoms with E-state index in [1.807, 2.05) is 55.5 Å². The van der Waals surface area contributed by atoms with Crippen LogP contribution in [0.5, 0.6) is 0 Å². The molecule has 0 aliphatic rings. The van der Waals surface area contributed by atoms with Gasteiger partial charge in [0.25, 0.3) is 0 Å². The molecule has 1 aromatic heterocycles. The quantitative estimate of drug-likeness (QED) is 0.570. The highest BCUT2D eigenvalue weighted by molar-refractivity contribution is 7.71. The van der Waals surface area contributed by atoms with Gasteiger partial charge < -0.3 is 0 Å². The molecule has 0 aliphatic heterocycles. The molecule has 0 unspecified atom stereocenters. The summed E-state index contributed by atoms with van der Waals surface area (Å²) in [4.78, 5) is 0. The highest BCUT2D eigenvalue weighted by atomic mass is 35.5. The number of rotatable bonds is 3. The van der Waals surface area contributed by atoms with Crippen molar-refractivity contribution in [3.05, 3.63) is 69.5 Å². The van der Waals surface area contributed by atoms with Crippen LogP contribution in [0.3, 0.4) is 0 Å². The van der Waals surface area contributed by atoms with Gasteiger partial charge in [-0.1, -0.05) is 53.6 Å². The first kappa shape index (κ1) is 14.7. The summed E-state index contributed by atoms with van der Waals surface area (Å²) in [6.45, 7) is 2.04. The number of nitrogens with one attached hydrogen (secondary N) is 1. The SMILES string of the molecule is Cc1ccc(-c2n[nH]c(=S)n2/N=C/c2ccc(Cl)cc2)cc1. The molecule has 0 spiro atoms. The van der Waals surface area contributed by atoms with Crippen molar-refractivity contribution in [3.63, 3.8) is 0 Å². The molecule has 0 amide bonds. The Morgan fingerprint density at radius 2 is 1.82 bits per heavy atom. The van der Waals surface area contributed by atoms with Crippen molar-refractivity contribution in [2.24, 2.45) is 5.10 Å². The average Bonchev–Trinajstić information content (AvgIpc) is 2.89. The van der Waals surface area contributed by atoms with E-state index in [4.69, 9.17) is 23.8 Å². The maximum atomic E-state index is 5.87. The number of aromatic nitrogens is 3. The van der Waals surface area contributed by atoms with Crippen LogP contribution in [-0.2, 0) is 0 Å². The third-order valence-electron chi connectivity index (χ3n) is 3.15. The second kappa shape index (κ2) is 6.25. The van der Waals surface area contributed by atoms with Crippen molar-refractivity contribution in [2.45, 2.75) is 6.92 Å². The zero-order valence-electron chi connectivity index (χ0n) is 11.8. The maximum Gasteiger partial charge on any atom is 0.216 e. The Bertz CT molecular complexity index is 860. The van der Waals surface area contributed by atoms with E-state index in [-0.39, 0.29) is 0 Å². The fourth-order valence-corrected chi connectivity index (χ4v) is 2.27. The van der Waals surface area contributed by atoms with Gasteiger partial charge >= 0.3 is 0 Å². The van der Waals surface area contributed by atoms with Crippen LogP contribution in [0.1, 0.15) is 11.1 Å². The molecule has 6 heteroatoms. The van der Waals surface area contributed by atoms with Gasteiger partial charge in [0.1, 0.15) is 0 Å². The molecule has 0 atom stereocenters. The topological polar surface area (TPSA) is 46.0 Å². The molecule has 1 heterocycles. The zero-order chi connectivity index (χ0) is 15.5. The molecule has 4 nitrogen and oxygen atoms in total. The molecule has 0 saturated carbocycles. The molecule has 22 heavy (non-hydrogen) atoms. The Morgan fingerprint density at radius 1 is 1.14 bits per heavy atom. The van der Waals surface area contributed by atoms with Crippen LogP contribution in [0, 0.1) is 11.7 Å². The van der Waals surface area contributed by atoms with E-state index in [0.29, 0.717) is 15.6 Å². The molecule has 2 aromatic carbocycles. The van der Waals surface area contributed by atoms with Crippen LogP contribution in [0.15, 0.2) is 53.6 Å². The highest BCUT2D eigenvalue weighted by Crippen LogP contribution is 2.18. The van der Waals surface area contributed by atoms with Crippen molar-refractivity contribution in [1.29, 1.82) is 0 Å². The van der Waals surface area contributed by atoms with Gasteiger partial charge in [-0.05, 0) is 36.8 Å². The normalized spacial score (nSPS) is 11.2. The van der Waals surface area contributed by atoms with E-state index in [1.165, 1.54) is 5.56 Å². The second-order valence-corrected chi connectivity index (χ2v) is 5.65. The molecular weight excluding hydrogens is 316 g/mol. The van der Waals surface area contributed by atoms with E-state index in [1.54, 1.807) is 10.9 Å². The third-order valence-corrected chi connectivity index (χ3v) is 3.67. The predicted octanol–water partition coefficient (Wildman–Crippen LogP) is 4.45. The summed E-state index contributed by atoms with van der Waals surface area (Å²) in [6.07, 6.45) is 1.72. The lowest BCUT2D eigenvalue weighted by molar-refractivity contribution is 0.871. The standard InChI is InChI=1S/C16H13ClN4S/c1-11-2-6-13(7-3-11)15-19-20-16(22)21(15)18-10-12-4-8-14(17)9-5-12/h2-10H,1H3,(H,20,22)/b18-10+. The van der Waals surface area contributed by atoms with Crippen molar-refractivity contribution in [2.75, 3.05) is 0 Å². The summed E-state index contributed by atoms with van der Waals surface area (Å²) in [5.74, 6) is 0.676. The summed E-state index contributed by atoms with van der Waals surface area (Å²) < 4.78 is 2.05. The van der Waals surface area contributed by atoms with Gasteiger partial charge in [0, 0.05) is 10.6 Å². The van der Waals surface area contributed by atoms with Crippen LogP contribution < -0.4 is 0 Å². The molecule has 0 bridgehead atoms. The number of benzene rings is 2. The number of aromatic amines is 1. The fourth-order valence-electron chi connectivity index (χ4n) is 1.96. The van der Waals surface area contributed by atoms with Crippen LogP contribution in [0.4, 0.5) is 0 Å². The number of H-pyrrole nitrogens is 1. The van der Waals surface area contributed by atoms with Gasteiger partial charge in [-0.3, -0.25) is 0 Å². The first-order valence-electron chi connectivity index (χ1n) is 6.68. The number of hydrogen-bond donors (Lipinski definition) is 1. The first-order chi connectivity index (χ1) is 10.6. The van der Waals surface area contributed by atoms with Crippen LogP contribution in [-0.4, -0.2) is 21.1 Å². The van der Waals surface area contributed by atoms with Crippen LogP contribution in [0.2, 0.25) is 5.02 Å². The minimum atomic E-state index is 0.445. The second-order valence-electron chi connectivity index (χ2n) is 4.83. The van der Waals surface area contributed by atoms with Crippen LogP contribution >= 0.6 is 23.8 Å². The van der Waals surface area contributed by atoms with Crippen molar-refractivity contribution >= 4 is 30.0 Å². The Kier molecular flexibility index (Phi) is 4.18. The van der Waals surface area contributed by atoms with E-state index in [9.17, 15) is 0 Å². The molecule has 1 N–H and O–H groups in total. The van der Waals surface area contributed by atoms with Crippen LogP contribution in [0.25, 0.3) is 11.4 Å². The molecule has 0 aliphatic carbocycles. The smallest absolute Gasteiger partial charge is 0.216 e. The van der Waals surface area contributed by atoms with E-state index in [0.717, 1.165) is 11.1 Å². The summed E-state index contributed by atoms with van der Waals surface area (Å²) in [5.41, 5.74) is 3.07. The molecule has 0 fully saturated rings. The summed E-state index contributed by atoms with van der Waals surface area (Å²) in [6, 6.07) is 15.5. The van der Waals surface area contributed by atoms with E-state index >= 15 is 0 Å². The first-order valence-corrected chi connectivity index (χ1v) is 7.46. The largest absolute Gasteiger partial charge is 0.250 e. The van der Waals surface area contributed by atoms with Crippen molar-refractivity contribution in [1.82, 2.24) is 14.9 Å². The summed E-state index contributed by atoms with van der Waals surface area (Å²) in [7, 11) is 0. The van der Waals surface area contributed by atoms with E-state index < -0.39 is 0 Å². The van der Waals surface area contributed by atoms with Gasteiger partial charge in [-0.25, -0.2) is 5.10 Å². The Hall–Kier alpha value is -2.24. The number of nitrogens with zero attached hydrogens (tertiary/aromatic N) is 3. The predicted molar refractivity (Wildman–Crippen MR) is 92.0 cm³/mol. The third kappa shape index (κ3) is 3.16. The summed E-state index contributed by atoms with van der Waals surface area (Å²) >= 11 is 11.1. The lowest BCUT2D eigenvalue weighted by Crippen LogP contribution is -1.95. The minimum absolute atomic E-state index is 0.445. The van der Waals surface area contributed by atoms with Gasteiger partial charge in [0.05, 0.1) is 6.21 Å². The van der Waals surface area contributed by atoms with Crippen molar-refractivity contribution in [3.8, 4) is 11.4 Å². The van der Waals surface area contributed by atoms with Gasteiger partial charge in [0.15, 0.2) is 5.82 Å². The maximum absolute atomic E-state index is 5.87. The van der Waals surface area contributed by atoms with E-state index in [2.05, 4.69) is 15.3 Å². The number of halogens is 1. The average molecular weight is 329 g/mol. The molecular formula is C16H13ClN4S. The molecule has 0 radical (unpaired) electrons. The van der Waals surface area contributed by atoms with Gasteiger partial charge in [-0.15, -0.1) is 0 Å². The van der Waals surface area contributed by atoms with Gasteiger partial charge in [0.2, 0.25) is 4.77 Å². The molecule has 110 valence electrons. The molecule has 0 saturated heterocycles. The Labute approximate surface area is 138 Å². The highest BCUT2D eigenvalue weighted by Gasteiger charge is 2.07. The number of hydrogen-bond acceptors (Lipinski definition) is 3.